The van der Waals surface area contributed by atoms with Gasteiger partial charge in [-0.05, 0) is 64.5 Å². The number of Topliss-reactive ketones (excluding diaryl/α,β-unsaturated/α-hetero) is 1. The third-order valence-corrected chi connectivity index (χ3v) is 7.33. The van der Waals surface area contributed by atoms with E-state index >= 15 is 0 Å². The Bertz CT molecular complexity index is 1140. The number of hydrogen-bond donors (Lipinski definition) is 4. The smallest absolute Gasteiger partial charge is 0.311 e. The Morgan fingerprint density at radius 1 is 1.10 bits per heavy atom. The molecule has 1 saturated heterocycles. The molecule has 3 rings (SSSR count). The summed E-state index contributed by atoms with van der Waals surface area (Å²) in [5.74, 6) is -1.83. The van der Waals surface area contributed by atoms with Crippen LogP contribution in [0.2, 0.25) is 0 Å². The second-order valence-corrected chi connectivity index (χ2v) is 12.3. The molecule has 1 aromatic carbocycles. The van der Waals surface area contributed by atoms with Crippen molar-refractivity contribution in [2.45, 2.75) is 84.8 Å². The Balaban J connectivity index is 1.72. The molecule has 1 fully saturated rings. The molecule has 3 amide bonds. The van der Waals surface area contributed by atoms with Crippen molar-refractivity contribution in [3.8, 4) is 5.75 Å². The van der Waals surface area contributed by atoms with Gasteiger partial charge in [0.15, 0.2) is 12.4 Å². The number of ether oxygens (including phenoxy) is 2. The molecule has 11 nitrogen and oxygen atoms in total. The zero-order chi connectivity index (χ0) is 30.3. The minimum Gasteiger partial charge on any atom is -0.496 e. The Labute approximate surface area is 241 Å². The van der Waals surface area contributed by atoms with E-state index in [4.69, 9.17) is 9.47 Å². The van der Waals surface area contributed by atoms with Crippen LogP contribution >= 0.6 is 0 Å². The van der Waals surface area contributed by atoms with E-state index in [0.29, 0.717) is 31.6 Å². The van der Waals surface area contributed by atoms with Crippen molar-refractivity contribution in [2.75, 3.05) is 25.6 Å². The van der Waals surface area contributed by atoms with E-state index in [1.807, 2.05) is 32.0 Å². The fourth-order valence-electron chi connectivity index (χ4n) is 5.02. The Kier molecular flexibility index (Phi) is 10.8. The van der Waals surface area contributed by atoms with Crippen molar-refractivity contribution in [1.29, 1.82) is 0 Å². The van der Waals surface area contributed by atoms with E-state index in [-0.39, 0.29) is 24.2 Å². The average molecular weight is 573 g/mol. The first-order valence-electron chi connectivity index (χ1n) is 14.3. The predicted octanol–water partition coefficient (Wildman–Crippen LogP) is 2.12. The van der Waals surface area contributed by atoms with Gasteiger partial charge in [0.2, 0.25) is 17.7 Å². The van der Waals surface area contributed by atoms with Crippen molar-refractivity contribution in [3.63, 3.8) is 0 Å². The summed E-state index contributed by atoms with van der Waals surface area (Å²) >= 11 is 0. The maximum Gasteiger partial charge on any atom is 0.311 e. The van der Waals surface area contributed by atoms with Gasteiger partial charge in [0, 0.05) is 30.1 Å². The lowest BCUT2D eigenvalue weighted by Gasteiger charge is -2.28. The number of nitrogens with one attached hydrogen (secondary N) is 4. The largest absolute Gasteiger partial charge is 0.496 e. The molecule has 4 atom stereocenters. The van der Waals surface area contributed by atoms with Crippen LogP contribution in [0.5, 0.6) is 5.75 Å². The first-order chi connectivity index (χ1) is 19.3. The lowest BCUT2D eigenvalue weighted by molar-refractivity contribution is -0.156. The van der Waals surface area contributed by atoms with Crippen LogP contribution in [0.4, 0.5) is 5.69 Å². The van der Waals surface area contributed by atoms with E-state index in [1.54, 1.807) is 27.9 Å². The van der Waals surface area contributed by atoms with Crippen LogP contribution in [-0.2, 0) is 35.1 Å². The number of carbonyl (C=O) groups excluding carboxylic acids is 5. The molecule has 1 aromatic rings. The van der Waals surface area contributed by atoms with E-state index in [2.05, 4.69) is 21.3 Å². The molecule has 1 unspecified atom stereocenters. The number of anilines is 1. The highest BCUT2D eigenvalue weighted by atomic mass is 16.5. The van der Waals surface area contributed by atoms with Gasteiger partial charge in [-0.25, -0.2) is 0 Å². The summed E-state index contributed by atoms with van der Waals surface area (Å²) in [6.07, 6.45) is 2.16. The second kappa shape index (κ2) is 13.8. The van der Waals surface area contributed by atoms with Gasteiger partial charge < -0.3 is 30.7 Å². The van der Waals surface area contributed by atoms with Crippen LogP contribution in [0, 0.1) is 17.3 Å². The van der Waals surface area contributed by atoms with Crippen LogP contribution in [0.1, 0.15) is 65.9 Å². The highest BCUT2D eigenvalue weighted by molar-refractivity contribution is 5.96. The van der Waals surface area contributed by atoms with Crippen LogP contribution < -0.4 is 26.0 Å². The first kappa shape index (κ1) is 31.9. The van der Waals surface area contributed by atoms with Crippen LogP contribution in [-0.4, -0.2) is 67.9 Å². The fourth-order valence-corrected chi connectivity index (χ4v) is 5.02. The Morgan fingerprint density at radius 2 is 1.83 bits per heavy atom. The SMILES string of the molecule is COc1cccc2c1CC(C(=O)N[C@@H](CC(C)C)C(=O)N[C@@H](C[C@@H]1CCCNC1=O)C(=O)COC(=O)C(C)(C)C)N2. The third-order valence-electron chi connectivity index (χ3n) is 7.33. The number of rotatable bonds is 12. The molecule has 226 valence electrons. The van der Waals surface area contributed by atoms with Gasteiger partial charge in [-0.2, -0.15) is 0 Å². The first-order valence-corrected chi connectivity index (χ1v) is 14.3. The summed E-state index contributed by atoms with van der Waals surface area (Å²) in [4.78, 5) is 64.8. The fraction of sp³-hybridized carbons (Fsp3) is 0.633. The second-order valence-electron chi connectivity index (χ2n) is 12.3. The predicted molar refractivity (Wildman–Crippen MR) is 153 cm³/mol. The summed E-state index contributed by atoms with van der Waals surface area (Å²) in [7, 11) is 1.57. The van der Waals surface area contributed by atoms with Gasteiger partial charge in [-0.1, -0.05) is 19.9 Å². The molecule has 2 aliphatic rings. The van der Waals surface area contributed by atoms with Crippen LogP contribution in [0.25, 0.3) is 0 Å². The lowest BCUT2D eigenvalue weighted by Crippen LogP contribution is -2.55. The molecule has 4 N–H and O–H groups in total. The lowest BCUT2D eigenvalue weighted by atomic mass is 9.89. The summed E-state index contributed by atoms with van der Waals surface area (Å²) < 4.78 is 10.6. The number of hydrogen-bond acceptors (Lipinski definition) is 8. The molecule has 0 saturated carbocycles. The minimum atomic E-state index is -1.06. The van der Waals surface area contributed by atoms with Crippen molar-refractivity contribution < 1.29 is 33.4 Å². The molecule has 0 spiro atoms. The number of esters is 1. The van der Waals surface area contributed by atoms with Crippen molar-refractivity contribution in [1.82, 2.24) is 16.0 Å². The molecular weight excluding hydrogens is 528 g/mol. The molecule has 11 heteroatoms. The monoisotopic (exact) mass is 572 g/mol. The standard InChI is InChI=1S/C30H44N4O7/c1-17(2)13-22(34-28(38)23-15-19-20(32-23)10-7-11-25(19)40-6)27(37)33-21(14-18-9-8-12-31-26(18)36)24(35)16-41-29(39)30(3,4)5/h7,10-11,17-18,21-23,32H,8-9,12-16H2,1-6H3,(H,31,36)(H,33,37)(H,34,38)/t18-,21-,22-,23?/m0/s1. The van der Waals surface area contributed by atoms with E-state index in [0.717, 1.165) is 17.7 Å². The maximum atomic E-state index is 13.6. The van der Waals surface area contributed by atoms with E-state index in [1.165, 1.54) is 0 Å². The summed E-state index contributed by atoms with van der Waals surface area (Å²) in [5.41, 5.74) is 0.893. The number of benzene rings is 1. The van der Waals surface area contributed by atoms with Gasteiger partial charge in [0.25, 0.3) is 0 Å². The Morgan fingerprint density at radius 3 is 2.46 bits per heavy atom. The molecule has 2 heterocycles. The molecule has 0 bridgehead atoms. The molecule has 2 aliphatic heterocycles. The van der Waals surface area contributed by atoms with Crippen LogP contribution in [0.15, 0.2) is 18.2 Å². The highest BCUT2D eigenvalue weighted by Gasteiger charge is 2.35. The number of amides is 3. The quantitative estimate of drug-likeness (QED) is 0.278. The van der Waals surface area contributed by atoms with Gasteiger partial charge in [0.05, 0.1) is 18.6 Å². The zero-order valence-corrected chi connectivity index (χ0v) is 24.9. The molecule has 0 aromatic heterocycles. The van der Waals surface area contributed by atoms with Crippen molar-refractivity contribution in [2.24, 2.45) is 17.3 Å². The highest BCUT2D eigenvalue weighted by Crippen LogP contribution is 2.33. The summed E-state index contributed by atoms with van der Waals surface area (Å²) in [6, 6.07) is 2.97. The van der Waals surface area contributed by atoms with E-state index < -0.39 is 53.7 Å². The van der Waals surface area contributed by atoms with E-state index in [9.17, 15) is 24.0 Å². The number of methoxy groups -OCH3 is 1. The Hall–Kier alpha value is -3.63. The average Bonchev–Trinajstić information content (AvgIpc) is 3.36. The number of carbonyl (C=O) groups is 5. The van der Waals surface area contributed by atoms with Gasteiger partial charge in [-0.15, -0.1) is 0 Å². The molecular formula is C30H44N4O7. The minimum absolute atomic E-state index is 0.0610. The molecule has 41 heavy (non-hydrogen) atoms. The van der Waals surface area contributed by atoms with Gasteiger partial charge in [-0.3, -0.25) is 24.0 Å². The van der Waals surface area contributed by atoms with Gasteiger partial charge in [0.1, 0.15) is 17.8 Å². The molecule has 0 aliphatic carbocycles. The topological polar surface area (TPSA) is 152 Å². The van der Waals surface area contributed by atoms with Gasteiger partial charge >= 0.3 is 5.97 Å². The number of fused-ring (bicyclic) bond motifs is 1. The van der Waals surface area contributed by atoms with Crippen molar-refractivity contribution >= 4 is 35.2 Å². The third kappa shape index (κ3) is 8.68. The normalized spacial score (nSPS) is 19.7. The number of ketones is 1. The molecule has 0 radical (unpaired) electrons. The van der Waals surface area contributed by atoms with Crippen molar-refractivity contribution in [3.05, 3.63) is 23.8 Å². The number of piperidine rings is 1. The zero-order valence-electron chi connectivity index (χ0n) is 24.9. The maximum absolute atomic E-state index is 13.6. The van der Waals surface area contributed by atoms with Crippen LogP contribution in [0.3, 0.4) is 0 Å². The summed E-state index contributed by atoms with van der Waals surface area (Å²) in [5, 5.41) is 11.6. The summed E-state index contributed by atoms with van der Waals surface area (Å²) in [6.45, 7) is 8.94.